The average molecular weight is 220 g/mol. The third-order valence-corrected chi connectivity index (χ3v) is 1.85. The monoisotopic (exact) mass is 220 g/mol. The fourth-order valence-electron chi connectivity index (χ4n) is 1.07. The first-order valence-corrected chi connectivity index (χ1v) is 4.31. The molecule has 1 aromatic heterocycles. The van der Waals surface area contributed by atoms with Crippen LogP contribution in [0.1, 0.15) is 17.4 Å². The summed E-state index contributed by atoms with van der Waals surface area (Å²) >= 11 is 0. The molecule has 0 aromatic carbocycles. The van der Waals surface area contributed by atoms with Crippen LogP contribution in [0.2, 0.25) is 0 Å². The summed E-state index contributed by atoms with van der Waals surface area (Å²) < 4.78 is 36.5. The minimum absolute atomic E-state index is 0.220. The van der Waals surface area contributed by atoms with Crippen molar-refractivity contribution >= 4 is 0 Å². The lowest BCUT2D eigenvalue weighted by atomic mass is 10.2. The van der Waals surface area contributed by atoms with E-state index in [9.17, 15) is 18.3 Å². The fourth-order valence-corrected chi connectivity index (χ4v) is 1.07. The van der Waals surface area contributed by atoms with Gasteiger partial charge in [-0.05, 0) is 19.2 Å². The Labute approximate surface area is 85.0 Å². The quantitative estimate of drug-likeness (QED) is 0.808. The van der Waals surface area contributed by atoms with Gasteiger partial charge >= 0.3 is 6.18 Å². The van der Waals surface area contributed by atoms with E-state index >= 15 is 0 Å². The number of nitrogens with one attached hydrogen (secondary N) is 1. The standard InChI is InChI=1S/C9H11F3N2O/c1-13-5-8(15)7-3-2-6(4-14-7)9(10,11)12/h2-4,8,13,15H,5H2,1H3. The number of rotatable bonds is 3. The molecule has 1 rings (SSSR count). The molecule has 1 unspecified atom stereocenters. The van der Waals surface area contributed by atoms with Gasteiger partial charge in [0, 0.05) is 12.7 Å². The lowest BCUT2D eigenvalue weighted by Crippen LogP contribution is -2.18. The molecule has 0 aliphatic rings. The highest BCUT2D eigenvalue weighted by atomic mass is 19.4. The lowest BCUT2D eigenvalue weighted by Gasteiger charge is -2.10. The van der Waals surface area contributed by atoms with Crippen LogP contribution in [0.25, 0.3) is 0 Å². The molecule has 2 N–H and O–H groups in total. The molecule has 0 saturated heterocycles. The van der Waals surface area contributed by atoms with Crippen LogP contribution in [0.4, 0.5) is 13.2 Å². The van der Waals surface area contributed by atoms with Crippen LogP contribution in [-0.2, 0) is 6.18 Å². The van der Waals surface area contributed by atoms with E-state index in [1.165, 1.54) is 6.07 Å². The number of likely N-dealkylation sites (N-methyl/N-ethyl adjacent to an activating group) is 1. The van der Waals surface area contributed by atoms with Gasteiger partial charge in [0.15, 0.2) is 0 Å². The fraction of sp³-hybridized carbons (Fsp3) is 0.444. The molecule has 0 spiro atoms. The van der Waals surface area contributed by atoms with Crippen molar-refractivity contribution in [3.8, 4) is 0 Å². The van der Waals surface area contributed by atoms with Crippen molar-refractivity contribution in [2.45, 2.75) is 12.3 Å². The molecule has 0 radical (unpaired) electrons. The molecule has 0 bridgehead atoms. The normalized spacial score (nSPS) is 13.9. The molecule has 15 heavy (non-hydrogen) atoms. The predicted octanol–water partition coefficient (Wildman–Crippen LogP) is 1.35. The van der Waals surface area contributed by atoms with E-state index in [0.717, 1.165) is 6.07 Å². The van der Waals surface area contributed by atoms with Crippen molar-refractivity contribution in [3.63, 3.8) is 0 Å². The Bertz CT molecular complexity index is 310. The van der Waals surface area contributed by atoms with E-state index in [1.807, 2.05) is 0 Å². The zero-order valence-electron chi connectivity index (χ0n) is 8.04. The zero-order valence-corrected chi connectivity index (χ0v) is 8.04. The zero-order chi connectivity index (χ0) is 11.5. The lowest BCUT2D eigenvalue weighted by molar-refractivity contribution is -0.137. The van der Waals surface area contributed by atoms with Crippen molar-refractivity contribution < 1.29 is 18.3 Å². The molecule has 0 amide bonds. The summed E-state index contributed by atoms with van der Waals surface area (Å²) in [6, 6.07) is 2.08. The smallest absolute Gasteiger partial charge is 0.385 e. The van der Waals surface area contributed by atoms with Crippen molar-refractivity contribution in [1.29, 1.82) is 0 Å². The summed E-state index contributed by atoms with van der Waals surface area (Å²) in [5.41, 5.74) is -0.597. The highest BCUT2D eigenvalue weighted by Crippen LogP contribution is 2.28. The SMILES string of the molecule is CNCC(O)c1ccc(C(F)(F)F)cn1. The summed E-state index contributed by atoms with van der Waals surface area (Å²) in [5.74, 6) is 0. The van der Waals surface area contributed by atoms with Crippen LogP contribution in [-0.4, -0.2) is 23.7 Å². The van der Waals surface area contributed by atoms with E-state index in [-0.39, 0.29) is 12.2 Å². The minimum atomic E-state index is -4.39. The summed E-state index contributed by atoms with van der Waals surface area (Å²) in [7, 11) is 1.63. The number of alkyl halides is 3. The van der Waals surface area contributed by atoms with Crippen LogP contribution >= 0.6 is 0 Å². The van der Waals surface area contributed by atoms with E-state index in [0.29, 0.717) is 6.20 Å². The number of aliphatic hydroxyl groups excluding tert-OH is 1. The molecular formula is C9H11F3N2O. The van der Waals surface area contributed by atoms with E-state index in [2.05, 4.69) is 10.3 Å². The maximum absolute atomic E-state index is 12.2. The van der Waals surface area contributed by atoms with Crippen molar-refractivity contribution in [1.82, 2.24) is 10.3 Å². The molecule has 0 fully saturated rings. The van der Waals surface area contributed by atoms with Crippen molar-refractivity contribution in [2.75, 3.05) is 13.6 Å². The highest BCUT2D eigenvalue weighted by Gasteiger charge is 2.30. The first-order valence-electron chi connectivity index (χ1n) is 4.31. The molecule has 84 valence electrons. The van der Waals surface area contributed by atoms with Gasteiger partial charge in [-0.3, -0.25) is 4.98 Å². The van der Waals surface area contributed by atoms with Gasteiger partial charge in [0.25, 0.3) is 0 Å². The maximum Gasteiger partial charge on any atom is 0.417 e. The Morgan fingerprint density at radius 3 is 2.53 bits per heavy atom. The van der Waals surface area contributed by atoms with Crippen LogP contribution in [0, 0.1) is 0 Å². The second-order valence-corrected chi connectivity index (χ2v) is 3.04. The summed E-state index contributed by atoms with van der Waals surface area (Å²) in [4.78, 5) is 3.55. The molecular weight excluding hydrogens is 209 g/mol. The largest absolute Gasteiger partial charge is 0.417 e. The van der Waals surface area contributed by atoms with Gasteiger partial charge in [0.05, 0.1) is 11.3 Å². The third-order valence-electron chi connectivity index (χ3n) is 1.85. The molecule has 1 atom stereocenters. The average Bonchev–Trinajstić information content (AvgIpc) is 2.17. The van der Waals surface area contributed by atoms with Gasteiger partial charge in [-0.15, -0.1) is 0 Å². The number of hydrogen-bond acceptors (Lipinski definition) is 3. The molecule has 0 aliphatic heterocycles. The van der Waals surface area contributed by atoms with E-state index in [1.54, 1.807) is 7.05 Å². The minimum Gasteiger partial charge on any atom is -0.385 e. The number of aliphatic hydroxyl groups is 1. The Morgan fingerprint density at radius 1 is 1.47 bits per heavy atom. The Hall–Kier alpha value is -1.14. The van der Waals surface area contributed by atoms with Crippen molar-refractivity contribution in [3.05, 3.63) is 29.6 Å². The number of pyridine rings is 1. The summed E-state index contributed by atoms with van der Waals surface area (Å²) in [6.07, 6.45) is -4.56. The van der Waals surface area contributed by atoms with Gasteiger partial charge in [-0.25, -0.2) is 0 Å². The van der Waals surface area contributed by atoms with E-state index in [4.69, 9.17) is 0 Å². The molecule has 3 nitrogen and oxygen atoms in total. The van der Waals surface area contributed by atoms with Crippen LogP contribution in [0.15, 0.2) is 18.3 Å². The summed E-state index contributed by atoms with van der Waals surface area (Å²) in [6.45, 7) is 0.248. The second kappa shape index (κ2) is 4.59. The van der Waals surface area contributed by atoms with Crippen molar-refractivity contribution in [2.24, 2.45) is 0 Å². The molecule has 0 saturated carbocycles. The molecule has 6 heteroatoms. The topological polar surface area (TPSA) is 45.1 Å². The predicted molar refractivity (Wildman–Crippen MR) is 48.1 cm³/mol. The Morgan fingerprint density at radius 2 is 2.13 bits per heavy atom. The number of aromatic nitrogens is 1. The molecule has 1 heterocycles. The van der Waals surface area contributed by atoms with Gasteiger partial charge in [-0.1, -0.05) is 0 Å². The Kier molecular flexibility index (Phi) is 3.65. The number of hydrogen-bond donors (Lipinski definition) is 2. The van der Waals surface area contributed by atoms with Gasteiger partial charge in [-0.2, -0.15) is 13.2 Å². The van der Waals surface area contributed by atoms with Crippen LogP contribution in [0.3, 0.4) is 0 Å². The molecule has 0 aliphatic carbocycles. The van der Waals surface area contributed by atoms with Gasteiger partial charge < -0.3 is 10.4 Å². The summed E-state index contributed by atoms with van der Waals surface area (Å²) in [5, 5.41) is 12.1. The van der Waals surface area contributed by atoms with E-state index < -0.39 is 17.8 Å². The Balaban J connectivity index is 2.81. The second-order valence-electron chi connectivity index (χ2n) is 3.04. The van der Waals surface area contributed by atoms with Gasteiger partial charge in [0.2, 0.25) is 0 Å². The van der Waals surface area contributed by atoms with Crippen LogP contribution < -0.4 is 5.32 Å². The number of halogens is 3. The maximum atomic E-state index is 12.2. The number of nitrogens with zero attached hydrogens (tertiary/aromatic N) is 1. The third kappa shape index (κ3) is 3.17. The first-order chi connectivity index (χ1) is 6.95. The highest BCUT2D eigenvalue weighted by molar-refractivity contribution is 5.18. The van der Waals surface area contributed by atoms with Gasteiger partial charge in [0.1, 0.15) is 6.10 Å². The van der Waals surface area contributed by atoms with Crippen LogP contribution in [0.5, 0.6) is 0 Å². The first kappa shape index (κ1) is 11.9. The molecule has 1 aromatic rings.